The van der Waals surface area contributed by atoms with Gasteiger partial charge in [0.1, 0.15) is 23.8 Å². The molecule has 0 radical (unpaired) electrons. The number of benzene rings is 1. The number of aromatic hydroxyl groups is 2. The number of aromatic amines is 1. The summed E-state index contributed by atoms with van der Waals surface area (Å²) in [7, 11) is 1.00. The molecule has 0 amide bonds. The molecule has 31 heavy (non-hydrogen) atoms. The van der Waals surface area contributed by atoms with Crippen LogP contribution in [0.3, 0.4) is 0 Å². The summed E-state index contributed by atoms with van der Waals surface area (Å²) in [6, 6.07) is 7.82. The lowest BCUT2D eigenvalue weighted by Gasteiger charge is -2.10. The molecule has 9 nitrogen and oxygen atoms in total. The Hall–Kier alpha value is -3.08. The Bertz CT molecular complexity index is 974. The quantitative estimate of drug-likeness (QED) is 0.305. The minimum atomic E-state index is -1.49. The monoisotopic (exact) mass is 449 g/mol. The van der Waals surface area contributed by atoms with Gasteiger partial charge in [0.25, 0.3) is 11.5 Å². The molecule has 2 heterocycles. The summed E-state index contributed by atoms with van der Waals surface area (Å²) in [4.78, 5) is 18.7. The number of aromatic nitrogens is 3. The van der Waals surface area contributed by atoms with Crippen molar-refractivity contribution in [3.8, 4) is 11.5 Å². The minimum absolute atomic E-state index is 0.0154. The van der Waals surface area contributed by atoms with Crippen LogP contribution in [0.15, 0.2) is 52.6 Å². The van der Waals surface area contributed by atoms with Crippen molar-refractivity contribution >= 4 is 17.6 Å². The van der Waals surface area contributed by atoms with Gasteiger partial charge in [0, 0.05) is 43.4 Å². The molecule has 0 spiro atoms. The molecule has 2 aromatic heterocycles. The van der Waals surface area contributed by atoms with Crippen LogP contribution in [0, 0.1) is 0 Å². The van der Waals surface area contributed by atoms with Crippen LogP contribution in [0.2, 0.25) is 0 Å². The number of carbonyl (C=O) groups is 1. The van der Waals surface area contributed by atoms with Crippen LogP contribution in [0.1, 0.15) is 36.8 Å². The number of aliphatic hydroxyl groups excluding tert-OH is 1. The van der Waals surface area contributed by atoms with Gasteiger partial charge in [0.15, 0.2) is 18.2 Å². The summed E-state index contributed by atoms with van der Waals surface area (Å²) in [5.41, 5.74) is 1.62. The van der Waals surface area contributed by atoms with Crippen molar-refractivity contribution in [1.29, 1.82) is 0 Å². The van der Waals surface area contributed by atoms with Crippen molar-refractivity contribution in [1.82, 2.24) is 9.55 Å². The van der Waals surface area contributed by atoms with Crippen LogP contribution in [0.4, 0.5) is 0 Å². The molecule has 0 aliphatic heterocycles. The van der Waals surface area contributed by atoms with E-state index in [1.54, 1.807) is 12.4 Å². The zero-order chi connectivity index (χ0) is 23.0. The number of phenols is 2. The Balaban J connectivity index is 0.00000166. The summed E-state index contributed by atoms with van der Waals surface area (Å²) in [6.45, 7) is 4.63. The number of imidazole rings is 1. The maximum absolute atomic E-state index is 11.2. The fourth-order valence-corrected chi connectivity index (χ4v) is 4.51. The average Bonchev–Trinajstić information content (AvgIpc) is 3.11. The minimum Gasteiger partial charge on any atom is -0.508 e. The number of carbonyl (C=O) groups excluding carboxylic acids is 1. The van der Waals surface area contributed by atoms with Crippen molar-refractivity contribution in [3.05, 3.63) is 59.8 Å². The van der Waals surface area contributed by atoms with Crippen molar-refractivity contribution in [2.24, 2.45) is 0 Å². The molecule has 10 heteroatoms. The van der Waals surface area contributed by atoms with Crippen LogP contribution in [0.25, 0.3) is 0 Å². The van der Waals surface area contributed by atoms with Crippen LogP contribution < -0.4 is 4.98 Å². The van der Waals surface area contributed by atoms with Crippen molar-refractivity contribution < 1.29 is 34.4 Å². The molecule has 5 N–H and O–H groups in total. The number of phenolic OH excluding ortho intramolecular Hbond substituents is 2. The second kappa shape index (κ2) is 11.3. The number of nitrogens with zero attached hydrogens (tertiary/aromatic N) is 2. The molecule has 0 aliphatic carbocycles. The van der Waals surface area contributed by atoms with Gasteiger partial charge in [0.2, 0.25) is 16.1 Å². The van der Waals surface area contributed by atoms with Gasteiger partial charge >= 0.3 is 0 Å². The van der Waals surface area contributed by atoms with Crippen molar-refractivity contribution in [3.63, 3.8) is 0 Å². The number of aliphatic hydroxyl groups is 1. The normalized spacial score (nSPS) is 11.5. The van der Waals surface area contributed by atoms with E-state index in [2.05, 4.69) is 9.97 Å². The van der Waals surface area contributed by atoms with E-state index in [1.165, 1.54) is 18.2 Å². The summed E-state index contributed by atoms with van der Waals surface area (Å²) in [5.74, 6) is 0.191. The lowest BCUT2D eigenvalue weighted by molar-refractivity contribution is -0.378. The van der Waals surface area contributed by atoms with E-state index < -0.39 is 11.2 Å². The van der Waals surface area contributed by atoms with Crippen LogP contribution in [-0.2, 0) is 33.9 Å². The molecule has 166 valence electrons. The van der Waals surface area contributed by atoms with Gasteiger partial charge in [0.05, 0.1) is 6.54 Å². The number of nitrogens with one attached hydrogen (secondary N) is 1. The van der Waals surface area contributed by atoms with Gasteiger partial charge in [-0.2, -0.15) is 4.55 Å². The highest BCUT2D eigenvalue weighted by Gasteiger charge is 2.37. The standard InChI is InChI=1S/C20H21N3O5S.CH4O/c1-13(2)19-20(29(27)17-8-15(25)7-16(26)9-17)23(18(22-19)11-28-12-24)10-14-3-5-21-6-4-14;1-2/h3-9,12-13,27H,10-11H2,1-2H3,(H-,25,26);2H,1H3/p+2. The Kier molecular flexibility index (Phi) is 8.86. The largest absolute Gasteiger partial charge is 0.508 e. The summed E-state index contributed by atoms with van der Waals surface area (Å²) in [5, 5.41) is 27.2. The Morgan fingerprint density at radius 1 is 1.16 bits per heavy atom. The van der Waals surface area contributed by atoms with E-state index in [-0.39, 0.29) is 24.0 Å². The molecule has 3 rings (SSSR count). The summed E-state index contributed by atoms with van der Waals surface area (Å²) < 4.78 is 18.0. The molecular formula is C21H27N3O6S+2. The molecular weight excluding hydrogens is 422 g/mol. The molecule has 3 aromatic rings. The SMILES string of the molecule is CC(C)c1nc(COC=O)n(Cc2cc[nH+]cc2)c1[S+](O)c1cc(O)cc(O)c1.CO. The van der Waals surface area contributed by atoms with E-state index in [9.17, 15) is 19.6 Å². The topological polar surface area (TPSA) is 139 Å². The maximum atomic E-state index is 11.2. The second-order valence-electron chi connectivity index (χ2n) is 6.74. The third kappa shape index (κ3) is 5.97. The zero-order valence-electron chi connectivity index (χ0n) is 17.5. The molecule has 0 aliphatic rings. The highest BCUT2D eigenvalue weighted by Crippen LogP contribution is 2.33. The fraction of sp³-hybridized carbons (Fsp3) is 0.286. The van der Waals surface area contributed by atoms with E-state index >= 15 is 0 Å². The molecule has 0 saturated carbocycles. The van der Waals surface area contributed by atoms with E-state index in [4.69, 9.17) is 9.84 Å². The number of pyridine rings is 1. The maximum Gasteiger partial charge on any atom is 0.293 e. The number of ether oxygens (including phenoxy) is 1. The number of hydrogen-bond donors (Lipinski definition) is 4. The second-order valence-corrected chi connectivity index (χ2v) is 8.17. The lowest BCUT2D eigenvalue weighted by atomic mass is 10.1. The van der Waals surface area contributed by atoms with Gasteiger partial charge in [-0.25, -0.2) is 9.97 Å². The van der Waals surface area contributed by atoms with E-state index in [0.717, 1.165) is 12.7 Å². The number of rotatable bonds is 8. The van der Waals surface area contributed by atoms with Gasteiger partial charge in [-0.05, 0) is 5.56 Å². The Morgan fingerprint density at radius 3 is 2.32 bits per heavy atom. The number of hydrogen-bond acceptors (Lipinski definition) is 7. The Labute approximate surface area is 183 Å². The highest BCUT2D eigenvalue weighted by molar-refractivity contribution is 7.91. The first-order valence-corrected chi connectivity index (χ1v) is 10.6. The van der Waals surface area contributed by atoms with Crippen LogP contribution in [-0.4, -0.2) is 43.0 Å². The van der Waals surface area contributed by atoms with Gasteiger partial charge in [-0.15, -0.1) is 0 Å². The molecule has 1 unspecified atom stereocenters. The highest BCUT2D eigenvalue weighted by atomic mass is 32.2. The first-order chi connectivity index (χ1) is 14.9. The van der Waals surface area contributed by atoms with Gasteiger partial charge in [-0.1, -0.05) is 13.8 Å². The first-order valence-electron chi connectivity index (χ1n) is 9.41. The van der Waals surface area contributed by atoms with Crippen molar-refractivity contribution in [2.75, 3.05) is 7.11 Å². The molecule has 0 bridgehead atoms. The predicted molar refractivity (Wildman–Crippen MR) is 114 cm³/mol. The molecule has 1 aromatic carbocycles. The molecule has 0 fully saturated rings. The van der Waals surface area contributed by atoms with E-state index in [1.807, 2.05) is 30.5 Å². The molecule has 0 saturated heterocycles. The molecule has 1 atom stereocenters. The third-order valence-electron chi connectivity index (χ3n) is 4.26. The number of H-pyrrole nitrogens is 1. The average molecular weight is 450 g/mol. The Morgan fingerprint density at radius 2 is 1.77 bits per heavy atom. The summed E-state index contributed by atoms with van der Waals surface area (Å²) in [6.07, 6.45) is 3.59. The van der Waals surface area contributed by atoms with Crippen LogP contribution >= 0.6 is 0 Å². The van der Waals surface area contributed by atoms with Crippen LogP contribution in [0.5, 0.6) is 11.5 Å². The first kappa shape index (κ1) is 24.2. The smallest absolute Gasteiger partial charge is 0.293 e. The van der Waals surface area contributed by atoms with E-state index in [0.29, 0.717) is 34.5 Å². The van der Waals surface area contributed by atoms with Gasteiger partial charge in [-0.3, -0.25) is 9.36 Å². The summed E-state index contributed by atoms with van der Waals surface area (Å²) >= 11 is -1.49. The van der Waals surface area contributed by atoms with Crippen molar-refractivity contribution in [2.45, 2.75) is 42.8 Å². The fourth-order valence-electron chi connectivity index (χ4n) is 2.96. The third-order valence-corrected chi connectivity index (χ3v) is 5.74. The zero-order valence-corrected chi connectivity index (χ0v) is 18.3. The predicted octanol–water partition coefficient (Wildman–Crippen LogP) is 2.07. The van der Waals surface area contributed by atoms with Gasteiger partial charge < -0.3 is 20.1 Å². The lowest BCUT2D eigenvalue weighted by Crippen LogP contribution is -2.16.